The molecule has 1 aromatic heterocycles. The largest absolute Gasteiger partial charge is 0.391 e. The molecule has 5 nitrogen and oxygen atoms in total. The number of nitrogens with one attached hydrogen (secondary N) is 1. The van der Waals surface area contributed by atoms with E-state index in [4.69, 9.17) is 0 Å². The third-order valence-corrected chi connectivity index (χ3v) is 2.02. The van der Waals surface area contributed by atoms with Crippen molar-refractivity contribution in [3.05, 3.63) is 18.0 Å². The summed E-state index contributed by atoms with van der Waals surface area (Å²) in [6, 6.07) is 1.63. The van der Waals surface area contributed by atoms with Crippen LogP contribution in [-0.4, -0.2) is 33.4 Å². The Kier molecular flexibility index (Phi) is 3.64. The van der Waals surface area contributed by atoms with E-state index in [9.17, 15) is 9.90 Å². The summed E-state index contributed by atoms with van der Waals surface area (Å²) in [6.07, 6.45) is 1.71. The third kappa shape index (κ3) is 2.56. The van der Waals surface area contributed by atoms with Gasteiger partial charge in [0.1, 0.15) is 5.69 Å². The molecule has 1 heterocycles. The number of hydrogen-bond acceptors (Lipinski definition) is 3. The molecule has 1 aromatic rings. The fourth-order valence-corrected chi connectivity index (χ4v) is 1.04. The van der Waals surface area contributed by atoms with Gasteiger partial charge in [-0.15, -0.1) is 0 Å². The Morgan fingerprint density at radius 1 is 1.79 bits per heavy atom. The monoisotopic (exact) mass is 197 g/mol. The van der Waals surface area contributed by atoms with Gasteiger partial charge >= 0.3 is 0 Å². The lowest BCUT2D eigenvalue weighted by Crippen LogP contribution is -2.32. The highest BCUT2D eigenvalue weighted by Gasteiger charge is 2.10. The minimum atomic E-state index is -0.479. The van der Waals surface area contributed by atoms with Gasteiger partial charge in [-0.25, -0.2) is 0 Å². The Balaban J connectivity index is 2.47. The summed E-state index contributed by atoms with van der Waals surface area (Å²) in [4.78, 5) is 11.5. The zero-order valence-electron chi connectivity index (χ0n) is 8.40. The SMILES string of the molecule is CCC(O)CNC(=O)c1ccnn1C. The van der Waals surface area contributed by atoms with E-state index in [-0.39, 0.29) is 12.5 Å². The molecule has 2 N–H and O–H groups in total. The van der Waals surface area contributed by atoms with E-state index in [1.54, 1.807) is 19.3 Å². The summed E-state index contributed by atoms with van der Waals surface area (Å²) in [6.45, 7) is 2.14. The second-order valence-corrected chi connectivity index (χ2v) is 3.11. The van der Waals surface area contributed by atoms with Crippen LogP contribution in [0.3, 0.4) is 0 Å². The molecule has 0 saturated carbocycles. The lowest BCUT2D eigenvalue weighted by Gasteiger charge is -2.09. The summed E-state index contributed by atoms with van der Waals surface area (Å²) >= 11 is 0. The maximum atomic E-state index is 11.5. The number of hydrogen-bond donors (Lipinski definition) is 2. The minimum Gasteiger partial charge on any atom is -0.391 e. The molecular weight excluding hydrogens is 182 g/mol. The van der Waals surface area contributed by atoms with Crippen LogP contribution < -0.4 is 5.32 Å². The molecule has 5 heteroatoms. The number of aryl methyl sites for hydroxylation is 1. The van der Waals surface area contributed by atoms with Gasteiger partial charge in [0.25, 0.3) is 5.91 Å². The van der Waals surface area contributed by atoms with Crippen LogP contribution in [0.4, 0.5) is 0 Å². The summed E-state index contributed by atoms with van der Waals surface area (Å²) in [5.74, 6) is -0.211. The van der Waals surface area contributed by atoms with Crippen LogP contribution in [0.2, 0.25) is 0 Å². The Morgan fingerprint density at radius 3 is 3.00 bits per heavy atom. The smallest absolute Gasteiger partial charge is 0.269 e. The molecule has 0 spiro atoms. The van der Waals surface area contributed by atoms with Crippen molar-refractivity contribution >= 4 is 5.91 Å². The topological polar surface area (TPSA) is 67.2 Å². The predicted molar refractivity (Wildman–Crippen MR) is 51.8 cm³/mol. The average molecular weight is 197 g/mol. The number of aliphatic hydroxyl groups is 1. The molecule has 0 aliphatic carbocycles. The molecule has 0 aliphatic heterocycles. The molecular formula is C9H15N3O2. The van der Waals surface area contributed by atoms with Crippen LogP contribution in [0.25, 0.3) is 0 Å². The van der Waals surface area contributed by atoms with E-state index >= 15 is 0 Å². The van der Waals surface area contributed by atoms with Crippen LogP contribution in [0.5, 0.6) is 0 Å². The number of aliphatic hydroxyl groups excluding tert-OH is 1. The molecule has 0 aliphatic rings. The zero-order valence-corrected chi connectivity index (χ0v) is 8.40. The summed E-state index contributed by atoms with van der Waals surface area (Å²) < 4.78 is 1.49. The molecule has 0 saturated heterocycles. The van der Waals surface area contributed by atoms with E-state index in [1.807, 2.05) is 6.92 Å². The van der Waals surface area contributed by atoms with E-state index < -0.39 is 6.10 Å². The first kappa shape index (κ1) is 10.7. The van der Waals surface area contributed by atoms with Gasteiger partial charge in [0.2, 0.25) is 0 Å². The summed E-state index contributed by atoms with van der Waals surface area (Å²) in [7, 11) is 1.70. The number of rotatable bonds is 4. The lowest BCUT2D eigenvalue weighted by atomic mass is 10.3. The van der Waals surface area contributed by atoms with Gasteiger partial charge in [-0.2, -0.15) is 5.10 Å². The van der Waals surface area contributed by atoms with Crippen molar-refractivity contribution in [3.63, 3.8) is 0 Å². The number of carbonyl (C=O) groups excluding carboxylic acids is 1. The summed E-state index contributed by atoms with van der Waals surface area (Å²) in [5, 5.41) is 15.7. The normalized spacial score (nSPS) is 12.5. The van der Waals surface area contributed by atoms with E-state index in [1.165, 1.54) is 4.68 Å². The maximum absolute atomic E-state index is 11.5. The van der Waals surface area contributed by atoms with Crippen LogP contribution in [0, 0.1) is 0 Å². The minimum absolute atomic E-state index is 0.211. The van der Waals surface area contributed by atoms with Crippen LogP contribution in [-0.2, 0) is 7.05 Å². The molecule has 14 heavy (non-hydrogen) atoms. The van der Waals surface area contributed by atoms with Gasteiger partial charge in [0.05, 0.1) is 6.10 Å². The average Bonchev–Trinajstić information content (AvgIpc) is 2.60. The Labute approximate surface area is 82.7 Å². The molecule has 1 amide bonds. The second kappa shape index (κ2) is 4.76. The van der Waals surface area contributed by atoms with E-state index in [2.05, 4.69) is 10.4 Å². The van der Waals surface area contributed by atoms with Crippen molar-refractivity contribution in [3.8, 4) is 0 Å². The highest BCUT2D eigenvalue weighted by atomic mass is 16.3. The van der Waals surface area contributed by atoms with Crippen LogP contribution >= 0.6 is 0 Å². The fraction of sp³-hybridized carbons (Fsp3) is 0.556. The number of carbonyl (C=O) groups is 1. The van der Waals surface area contributed by atoms with Gasteiger partial charge in [0.15, 0.2) is 0 Å². The first-order valence-electron chi connectivity index (χ1n) is 4.59. The quantitative estimate of drug-likeness (QED) is 0.709. The number of amides is 1. The Bertz CT molecular complexity index is 309. The fourth-order valence-electron chi connectivity index (χ4n) is 1.04. The van der Waals surface area contributed by atoms with Gasteiger partial charge < -0.3 is 10.4 Å². The predicted octanol–water partition coefficient (Wildman–Crippen LogP) is -0.0792. The van der Waals surface area contributed by atoms with Crippen LogP contribution in [0.1, 0.15) is 23.8 Å². The molecule has 1 rings (SSSR count). The second-order valence-electron chi connectivity index (χ2n) is 3.11. The van der Waals surface area contributed by atoms with Crippen LogP contribution in [0.15, 0.2) is 12.3 Å². The number of aromatic nitrogens is 2. The molecule has 1 unspecified atom stereocenters. The zero-order chi connectivity index (χ0) is 10.6. The molecule has 0 aromatic carbocycles. The van der Waals surface area contributed by atoms with Crippen molar-refractivity contribution < 1.29 is 9.90 Å². The van der Waals surface area contributed by atoms with Gasteiger partial charge in [-0.1, -0.05) is 6.92 Å². The van der Waals surface area contributed by atoms with Crippen molar-refractivity contribution in [1.29, 1.82) is 0 Å². The highest BCUT2D eigenvalue weighted by Crippen LogP contribution is 1.96. The van der Waals surface area contributed by atoms with Crippen molar-refractivity contribution in [2.75, 3.05) is 6.54 Å². The Hall–Kier alpha value is -1.36. The van der Waals surface area contributed by atoms with Crippen molar-refractivity contribution in [2.24, 2.45) is 7.05 Å². The van der Waals surface area contributed by atoms with Crippen molar-refractivity contribution in [2.45, 2.75) is 19.4 Å². The Morgan fingerprint density at radius 2 is 2.50 bits per heavy atom. The molecule has 0 radical (unpaired) electrons. The molecule has 1 atom stereocenters. The highest BCUT2D eigenvalue weighted by molar-refractivity contribution is 5.92. The standard InChI is InChI=1S/C9H15N3O2/c1-3-7(13)6-10-9(14)8-4-5-11-12(8)2/h4-5,7,13H,3,6H2,1-2H3,(H,10,14). The lowest BCUT2D eigenvalue weighted by molar-refractivity contribution is 0.0904. The molecule has 78 valence electrons. The molecule has 0 bridgehead atoms. The summed E-state index contributed by atoms with van der Waals surface area (Å²) in [5.41, 5.74) is 0.494. The first-order chi connectivity index (χ1) is 6.65. The van der Waals surface area contributed by atoms with E-state index in [0.717, 1.165) is 0 Å². The maximum Gasteiger partial charge on any atom is 0.269 e. The van der Waals surface area contributed by atoms with E-state index in [0.29, 0.717) is 12.1 Å². The van der Waals surface area contributed by atoms with Gasteiger partial charge in [-0.3, -0.25) is 9.48 Å². The molecule has 0 fully saturated rings. The van der Waals surface area contributed by atoms with Crippen molar-refractivity contribution in [1.82, 2.24) is 15.1 Å². The number of nitrogens with zero attached hydrogens (tertiary/aromatic N) is 2. The first-order valence-corrected chi connectivity index (χ1v) is 4.59. The van der Waals surface area contributed by atoms with Gasteiger partial charge in [-0.05, 0) is 12.5 Å². The van der Waals surface area contributed by atoms with Gasteiger partial charge in [0, 0.05) is 19.8 Å². The third-order valence-electron chi connectivity index (χ3n) is 2.02.